The topological polar surface area (TPSA) is 32.3 Å². The van der Waals surface area contributed by atoms with Crippen molar-refractivity contribution in [2.24, 2.45) is 0 Å². The third-order valence-electron chi connectivity index (χ3n) is 3.74. The van der Waals surface area contributed by atoms with Crippen molar-refractivity contribution in [1.29, 1.82) is 0 Å². The number of nitrogens with zero attached hydrogens (tertiary/aromatic N) is 1. The molecule has 0 radical (unpaired) electrons. The standard InChI is InChI=1S/C14H19FN2OS/c1-9-7-10(5-6-17(9)2)16-14(18)12-8-11(19)3-4-13(12)15/h3-4,8-10,19H,5-7H2,1-2H3,(H,16,18). The van der Waals surface area contributed by atoms with Gasteiger partial charge < -0.3 is 10.2 Å². The van der Waals surface area contributed by atoms with Crippen LogP contribution in [0.2, 0.25) is 0 Å². The summed E-state index contributed by atoms with van der Waals surface area (Å²) in [7, 11) is 2.08. The zero-order valence-electron chi connectivity index (χ0n) is 11.2. The second-order valence-electron chi connectivity index (χ2n) is 5.19. The van der Waals surface area contributed by atoms with Gasteiger partial charge in [-0.2, -0.15) is 0 Å². The Labute approximate surface area is 118 Å². The van der Waals surface area contributed by atoms with Gasteiger partial charge in [-0.3, -0.25) is 4.79 Å². The minimum atomic E-state index is -0.503. The zero-order chi connectivity index (χ0) is 14.0. The molecule has 19 heavy (non-hydrogen) atoms. The van der Waals surface area contributed by atoms with Gasteiger partial charge in [0.1, 0.15) is 5.82 Å². The fraction of sp³-hybridized carbons (Fsp3) is 0.500. The van der Waals surface area contributed by atoms with Crippen molar-refractivity contribution >= 4 is 18.5 Å². The number of piperidine rings is 1. The van der Waals surface area contributed by atoms with Crippen LogP contribution >= 0.6 is 12.6 Å². The molecule has 2 atom stereocenters. The van der Waals surface area contributed by atoms with Crippen LogP contribution in [0, 0.1) is 5.82 Å². The summed E-state index contributed by atoms with van der Waals surface area (Å²) in [5.74, 6) is -0.855. The predicted molar refractivity (Wildman–Crippen MR) is 76.2 cm³/mol. The second-order valence-corrected chi connectivity index (χ2v) is 5.70. The number of likely N-dealkylation sites (tertiary alicyclic amines) is 1. The molecule has 1 aromatic rings. The number of hydrogen-bond donors (Lipinski definition) is 2. The number of thiol groups is 1. The molecule has 1 heterocycles. The first kappa shape index (κ1) is 14.3. The fourth-order valence-electron chi connectivity index (χ4n) is 2.37. The van der Waals surface area contributed by atoms with Gasteiger partial charge >= 0.3 is 0 Å². The van der Waals surface area contributed by atoms with Crippen molar-refractivity contribution in [2.75, 3.05) is 13.6 Å². The zero-order valence-corrected chi connectivity index (χ0v) is 12.1. The minimum Gasteiger partial charge on any atom is -0.349 e. The highest BCUT2D eigenvalue weighted by atomic mass is 32.1. The van der Waals surface area contributed by atoms with E-state index in [1.807, 2.05) is 0 Å². The molecule has 3 nitrogen and oxygen atoms in total. The van der Waals surface area contributed by atoms with Crippen LogP contribution in [0.15, 0.2) is 23.1 Å². The number of amides is 1. The molecule has 104 valence electrons. The maximum atomic E-state index is 13.6. The van der Waals surface area contributed by atoms with E-state index in [2.05, 4.69) is 36.8 Å². The molecule has 1 amide bonds. The van der Waals surface area contributed by atoms with Crippen LogP contribution in [0.4, 0.5) is 4.39 Å². The Kier molecular flexibility index (Phi) is 4.47. The summed E-state index contributed by atoms with van der Waals surface area (Å²) in [4.78, 5) is 14.9. The van der Waals surface area contributed by atoms with Crippen molar-refractivity contribution in [1.82, 2.24) is 10.2 Å². The van der Waals surface area contributed by atoms with Crippen molar-refractivity contribution in [3.05, 3.63) is 29.6 Å². The van der Waals surface area contributed by atoms with Crippen LogP contribution in [0.3, 0.4) is 0 Å². The highest BCUT2D eigenvalue weighted by Gasteiger charge is 2.25. The minimum absolute atomic E-state index is 0.0686. The van der Waals surface area contributed by atoms with Gasteiger partial charge in [-0.1, -0.05) is 0 Å². The van der Waals surface area contributed by atoms with Gasteiger partial charge in [-0.25, -0.2) is 4.39 Å². The van der Waals surface area contributed by atoms with E-state index in [-0.39, 0.29) is 17.5 Å². The van der Waals surface area contributed by atoms with Crippen molar-refractivity contribution < 1.29 is 9.18 Å². The van der Waals surface area contributed by atoms with Crippen LogP contribution in [0.25, 0.3) is 0 Å². The molecule has 0 aromatic heterocycles. The molecule has 1 fully saturated rings. The van der Waals surface area contributed by atoms with Crippen LogP contribution < -0.4 is 5.32 Å². The first-order valence-corrected chi connectivity index (χ1v) is 6.91. The summed E-state index contributed by atoms with van der Waals surface area (Å²) in [6, 6.07) is 4.81. The molecule has 0 saturated carbocycles. The Balaban J connectivity index is 2.03. The van der Waals surface area contributed by atoms with E-state index in [0.29, 0.717) is 10.9 Å². The third kappa shape index (κ3) is 3.48. The van der Waals surface area contributed by atoms with Crippen LogP contribution in [-0.2, 0) is 0 Å². The Morgan fingerprint density at radius 2 is 2.26 bits per heavy atom. The number of rotatable bonds is 2. The smallest absolute Gasteiger partial charge is 0.254 e. The van der Waals surface area contributed by atoms with Crippen molar-refractivity contribution in [3.8, 4) is 0 Å². The van der Waals surface area contributed by atoms with Gasteiger partial charge in [0.05, 0.1) is 5.56 Å². The molecule has 2 rings (SSSR count). The Morgan fingerprint density at radius 3 is 2.95 bits per heavy atom. The molecule has 5 heteroatoms. The molecule has 1 aliphatic heterocycles. The van der Waals surface area contributed by atoms with Crippen molar-refractivity contribution in [2.45, 2.75) is 36.7 Å². The molecule has 0 bridgehead atoms. The average Bonchev–Trinajstić information content (AvgIpc) is 2.36. The summed E-state index contributed by atoms with van der Waals surface area (Å²) >= 11 is 4.13. The van der Waals surface area contributed by atoms with Gasteiger partial charge in [0.25, 0.3) is 5.91 Å². The van der Waals surface area contributed by atoms with E-state index in [1.165, 1.54) is 18.2 Å². The van der Waals surface area contributed by atoms with E-state index in [9.17, 15) is 9.18 Å². The number of carbonyl (C=O) groups is 1. The molecule has 1 saturated heterocycles. The second kappa shape index (κ2) is 5.92. The number of nitrogens with one attached hydrogen (secondary N) is 1. The lowest BCUT2D eigenvalue weighted by Gasteiger charge is -2.35. The Morgan fingerprint density at radius 1 is 1.53 bits per heavy atom. The van der Waals surface area contributed by atoms with E-state index >= 15 is 0 Å². The molecule has 0 aliphatic carbocycles. The monoisotopic (exact) mass is 282 g/mol. The van der Waals surface area contributed by atoms with Gasteiger partial charge in [-0.05, 0) is 45.0 Å². The lowest BCUT2D eigenvalue weighted by molar-refractivity contribution is 0.0892. The van der Waals surface area contributed by atoms with E-state index < -0.39 is 5.82 Å². The van der Waals surface area contributed by atoms with Crippen LogP contribution in [0.1, 0.15) is 30.1 Å². The van der Waals surface area contributed by atoms with Crippen LogP contribution in [-0.4, -0.2) is 36.5 Å². The first-order valence-electron chi connectivity index (χ1n) is 6.47. The number of hydrogen-bond acceptors (Lipinski definition) is 3. The Hall–Kier alpha value is -1.07. The maximum absolute atomic E-state index is 13.6. The van der Waals surface area contributed by atoms with Gasteiger partial charge in [0, 0.05) is 23.5 Å². The summed E-state index contributed by atoms with van der Waals surface area (Å²) < 4.78 is 13.6. The molecule has 1 aliphatic rings. The number of benzene rings is 1. The SMILES string of the molecule is CC1CC(NC(=O)c2cc(S)ccc2F)CCN1C. The van der Waals surface area contributed by atoms with Crippen molar-refractivity contribution in [3.63, 3.8) is 0 Å². The lowest BCUT2D eigenvalue weighted by atomic mass is 9.98. The normalized spacial score (nSPS) is 24.2. The Bertz CT molecular complexity index is 481. The number of halogens is 1. The first-order chi connectivity index (χ1) is 8.97. The molecule has 1 aromatic carbocycles. The van der Waals surface area contributed by atoms with Gasteiger partial charge in [-0.15, -0.1) is 12.6 Å². The average molecular weight is 282 g/mol. The molecule has 0 spiro atoms. The van der Waals surface area contributed by atoms with Gasteiger partial charge in [0.15, 0.2) is 0 Å². The molecule has 2 unspecified atom stereocenters. The quantitative estimate of drug-likeness (QED) is 0.816. The summed E-state index contributed by atoms with van der Waals surface area (Å²) in [6.45, 7) is 3.08. The lowest BCUT2D eigenvalue weighted by Crippen LogP contribution is -2.47. The fourth-order valence-corrected chi connectivity index (χ4v) is 2.57. The van der Waals surface area contributed by atoms with E-state index in [1.54, 1.807) is 0 Å². The van der Waals surface area contributed by atoms with E-state index in [0.717, 1.165) is 19.4 Å². The maximum Gasteiger partial charge on any atom is 0.254 e. The van der Waals surface area contributed by atoms with E-state index in [4.69, 9.17) is 0 Å². The summed E-state index contributed by atoms with van der Waals surface area (Å²) in [6.07, 6.45) is 1.79. The van der Waals surface area contributed by atoms with Gasteiger partial charge in [0.2, 0.25) is 0 Å². The molecular formula is C14H19FN2OS. The predicted octanol–water partition coefficient (Wildman–Crippen LogP) is 2.33. The van der Waals surface area contributed by atoms with Crippen LogP contribution in [0.5, 0.6) is 0 Å². The molecule has 1 N–H and O–H groups in total. The highest BCUT2D eigenvalue weighted by Crippen LogP contribution is 2.17. The number of carbonyl (C=O) groups excluding carboxylic acids is 1. The largest absolute Gasteiger partial charge is 0.349 e. The molecular weight excluding hydrogens is 263 g/mol. The summed E-state index contributed by atoms with van der Waals surface area (Å²) in [5, 5.41) is 2.91. The highest BCUT2D eigenvalue weighted by molar-refractivity contribution is 7.80. The summed E-state index contributed by atoms with van der Waals surface area (Å²) in [5.41, 5.74) is 0.0686. The third-order valence-corrected chi connectivity index (χ3v) is 4.02.